The maximum Gasteiger partial charge on any atom is 0.122 e. The summed E-state index contributed by atoms with van der Waals surface area (Å²) >= 11 is 0. The molecule has 1 aliphatic rings. The van der Waals surface area contributed by atoms with Gasteiger partial charge >= 0.3 is 0 Å². The van der Waals surface area contributed by atoms with E-state index in [1.54, 1.807) is 7.05 Å². The molecular weight excluding hydrogens is 250 g/mol. The van der Waals surface area contributed by atoms with E-state index in [1.807, 2.05) is 14.0 Å². The zero-order valence-electron chi connectivity index (χ0n) is 12.5. The summed E-state index contributed by atoms with van der Waals surface area (Å²) < 4.78 is 0. The van der Waals surface area contributed by atoms with E-state index in [2.05, 4.69) is 34.0 Å². The van der Waals surface area contributed by atoms with Gasteiger partial charge in [0, 0.05) is 31.8 Å². The molecule has 3 N–H and O–H groups in total. The molecule has 4 nitrogen and oxygen atoms in total. The fourth-order valence-corrected chi connectivity index (χ4v) is 2.74. The minimum absolute atomic E-state index is 0.321. The van der Waals surface area contributed by atoms with Gasteiger partial charge in [0.25, 0.3) is 0 Å². The Morgan fingerprint density at radius 1 is 1.25 bits per heavy atom. The van der Waals surface area contributed by atoms with E-state index in [4.69, 9.17) is 0 Å². The summed E-state index contributed by atoms with van der Waals surface area (Å²) in [6.45, 7) is 1.89. The van der Waals surface area contributed by atoms with Gasteiger partial charge in [-0.15, -0.1) is 0 Å². The molecule has 0 fully saturated rings. The number of aliphatic hydroxyl groups excluding tert-OH is 1. The Labute approximate surface area is 120 Å². The zero-order chi connectivity index (χ0) is 14.5. The Morgan fingerprint density at radius 3 is 2.70 bits per heavy atom. The van der Waals surface area contributed by atoms with Gasteiger partial charge in [-0.05, 0) is 43.4 Å². The largest absolute Gasteiger partial charge is 0.510 e. The van der Waals surface area contributed by atoms with Gasteiger partial charge in [0.05, 0.1) is 5.70 Å². The number of fused-ring (bicyclic) bond motifs is 1. The molecule has 0 aromatic heterocycles. The van der Waals surface area contributed by atoms with E-state index in [1.165, 1.54) is 24.0 Å². The van der Waals surface area contributed by atoms with Gasteiger partial charge in [-0.3, -0.25) is 0 Å². The first kappa shape index (κ1) is 14.4. The molecule has 0 amide bonds. The van der Waals surface area contributed by atoms with Gasteiger partial charge in [0.2, 0.25) is 0 Å². The maximum absolute atomic E-state index is 10.3. The highest BCUT2D eigenvalue weighted by Crippen LogP contribution is 2.26. The van der Waals surface area contributed by atoms with Crippen LogP contribution in [0.2, 0.25) is 0 Å². The van der Waals surface area contributed by atoms with Gasteiger partial charge in [-0.2, -0.15) is 5.10 Å². The van der Waals surface area contributed by atoms with E-state index in [0.717, 1.165) is 23.4 Å². The van der Waals surface area contributed by atoms with E-state index in [0.29, 0.717) is 12.2 Å². The number of aryl methyl sites for hydroxylation is 2. The molecule has 0 unspecified atom stereocenters. The van der Waals surface area contributed by atoms with Crippen molar-refractivity contribution in [1.82, 2.24) is 10.7 Å². The van der Waals surface area contributed by atoms with Crippen LogP contribution in [0.15, 0.2) is 29.1 Å². The summed E-state index contributed by atoms with van der Waals surface area (Å²) in [6.07, 6.45) is 3.99. The van der Waals surface area contributed by atoms with Crippen LogP contribution in [0.25, 0.3) is 5.70 Å². The predicted octanol–water partition coefficient (Wildman–Crippen LogP) is 2.61. The normalized spacial score (nSPS) is 15.7. The van der Waals surface area contributed by atoms with Crippen LogP contribution in [-0.2, 0) is 12.8 Å². The number of allylic oxidation sites excluding steroid dienone is 1. The molecule has 2 rings (SSSR count). The molecule has 0 heterocycles. The number of rotatable bonds is 5. The lowest BCUT2D eigenvalue weighted by Crippen LogP contribution is -2.11. The summed E-state index contributed by atoms with van der Waals surface area (Å²) in [7, 11) is 3.59. The first-order valence-corrected chi connectivity index (χ1v) is 7.07. The van der Waals surface area contributed by atoms with Crippen molar-refractivity contribution >= 4 is 11.4 Å². The van der Waals surface area contributed by atoms with Crippen molar-refractivity contribution in [2.24, 2.45) is 5.10 Å². The highest BCUT2D eigenvalue weighted by atomic mass is 16.3. The molecule has 0 spiro atoms. The lowest BCUT2D eigenvalue weighted by Gasteiger charge is -2.12. The van der Waals surface area contributed by atoms with Crippen molar-refractivity contribution in [2.45, 2.75) is 32.6 Å². The number of aliphatic hydroxyl groups is 1. The third kappa shape index (κ3) is 3.13. The molecule has 20 heavy (non-hydrogen) atoms. The van der Waals surface area contributed by atoms with Crippen LogP contribution < -0.4 is 10.7 Å². The van der Waals surface area contributed by atoms with Crippen molar-refractivity contribution in [3.8, 4) is 0 Å². The molecule has 0 radical (unpaired) electrons. The quantitative estimate of drug-likeness (QED) is 0.439. The number of hydrazone groups is 1. The SMILES string of the molecule is CN/N=C(\C)C/C(O)=C(\NC)c1ccc2c(c1)CCC2. The molecule has 1 aromatic carbocycles. The van der Waals surface area contributed by atoms with Gasteiger partial charge in [0.15, 0.2) is 0 Å². The first-order valence-electron chi connectivity index (χ1n) is 7.07. The van der Waals surface area contributed by atoms with Gasteiger partial charge in [0.1, 0.15) is 5.76 Å². The molecule has 1 aromatic rings. The Bertz CT molecular complexity index is 547. The molecule has 0 atom stereocenters. The first-order chi connectivity index (χ1) is 9.65. The minimum Gasteiger partial charge on any atom is -0.510 e. The predicted molar refractivity (Wildman–Crippen MR) is 83.9 cm³/mol. The van der Waals surface area contributed by atoms with Crippen LogP contribution in [0.1, 0.15) is 36.5 Å². The highest BCUT2D eigenvalue weighted by Gasteiger charge is 2.14. The highest BCUT2D eigenvalue weighted by molar-refractivity contribution is 5.85. The van der Waals surface area contributed by atoms with E-state index in [-0.39, 0.29) is 0 Å². The van der Waals surface area contributed by atoms with E-state index < -0.39 is 0 Å². The van der Waals surface area contributed by atoms with Crippen LogP contribution >= 0.6 is 0 Å². The fourth-order valence-electron chi connectivity index (χ4n) is 2.74. The molecule has 0 saturated carbocycles. The Kier molecular flexibility index (Phi) is 4.66. The monoisotopic (exact) mass is 273 g/mol. The minimum atomic E-state index is 0.321. The molecular formula is C16H23N3O. The molecule has 1 aliphatic carbocycles. The second-order valence-electron chi connectivity index (χ2n) is 5.16. The van der Waals surface area contributed by atoms with Gasteiger partial charge in [-0.1, -0.05) is 12.1 Å². The third-order valence-electron chi connectivity index (χ3n) is 3.65. The van der Waals surface area contributed by atoms with Crippen LogP contribution in [0.4, 0.5) is 0 Å². The van der Waals surface area contributed by atoms with Crippen LogP contribution in [0, 0.1) is 0 Å². The maximum atomic E-state index is 10.3. The summed E-state index contributed by atoms with van der Waals surface area (Å²) in [5, 5.41) is 17.5. The van der Waals surface area contributed by atoms with Crippen molar-refractivity contribution in [1.29, 1.82) is 0 Å². The van der Waals surface area contributed by atoms with Gasteiger partial charge < -0.3 is 15.8 Å². The van der Waals surface area contributed by atoms with Crippen molar-refractivity contribution in [3.63, 3.8) is 0 Å². The summed E-state index contributed by atoms with van der Waals surface area (Å²) in [6, 6.07) is 6.45. The Morgan fingerprint density at radius 2 is 2.00 bits per heavy atom. The number of nitrogens with one attached hydrogen (secondary N) is 2. The number of hydrogen-bond donors (Lipinski definition) is 3. The van der Waals surface area contributed by atoms with E-state index in [9.17, 15) is 5.11 Å². The zero-order valence-corrected chi connectivity index (χ0v) is 12.5. The number of benzene rings is 1. The van der Waals surface area contributed by atoms with Crippen LogP contribution in [0.3, 0.4) is 0 Å². The average Bonchev–Trinajstić information content (AvgIpc) is 2.87. The standard InChI is InChI=1S/C16H23N3O/c1-11(19-18-3)9-15(20)16(17-2)14-8-7-12-5-4-6-13(12)10-14/h7-8,10,17-18,20H,4-6,9H2,1-3H3/b16-15+,19-11+. The topological polar surface area (TPSA) is 56.7 Å². The molecule has 0 bridgehead atoms. The Hall–Kier alpha value is -1.97. The Balaban J connectivity index is 2.29. The summed E-state index contributed by atoms with van der Waals surface area (Å²) in [5.41, 5.74) is 8.26. The molecule has 0 saturated heterocycles. The lowest BCUT2D eigenvalue weighted by molar-refractivity contribution is 0.405. The summed E-state index contributed by atoms with van der Waals surface area (Å²) in [4.78, 5) is 0. The van der Waals surface area contributed by atoms with E-state index >= 15 is 0 Å². The fraction of sp³-hybridized carbons (Fsp3) is 0.438. The van der Waals surface area contributed by atoms with Crippen LogP contribution in [0.5, 0.6) is 0 Å². The van der Waals surface area contributed by atoms with Gasteiger partial charge in [-0.25, -0.2) is 0 Å². The molecule has 0 aliphatic heterocycles. The van der Waals surface area contributed by atoms with Crippen LogP contribution in [-0.4, -0.2) is 24.9 Å². The number of hydrogen-bond acceptors (Lipinski definition) is 4. The second-order valence-corrected chi connectivity index (χ2v) is 5.16. The lowest BCUT2D eigenvalue weighted by atomic mass is 10.0. The smallest absolute Gasteiger partial charge is 0.122 e. The van der Waals surface area contributed by atoms with Crippen molar-refractivity contribution in [2.75, 3.05) is 14.1 Å². The second kappa shape index (κ2) is 6.46. The molecule has 4 heteroatoms. The average molecular weight is 273 g/mol. The third-order valence-corrected chi connectivity index (χ3v) is 3.65. The number of nitrogens with zero attached hydrogens (tertiary/aromatic N) is 1. The molecule has 108 valence electrons. The van der Waals surface area contributed by atoms with Crippen molar-refractivity contribution < 1.29 is 5.11 Å². The van der Waals surface area contributed by atoms with Crippen molar-refractivity contribution in [3.05, 3.63) is 40.6 Å². The summed E-state index contributed by atoms with van der Waals surface area (Å²) in [5.74, 6) is 0.321.